The lowest BCUT2D eigenvalue weighted by atomic mass is 9.98. The van der Waals surface area contributed by atoms with Crippen LogP contribution in [0.2, 0.25) is 0 Å². The highest BCUT2D eigenvalue weighted by Gasteiger charge is 2.52. The number of benzene rings is 2. The molecular weight excluding hydrogens is 444 g/mol. The summed E-state index contributed by atoms with van der Waals surface area (Å²) in [7, 11) is 1.66. The molecule has 0 aliphatic carbocycles. The number of anilines is 2. The lowest BCUT2D eigenvalue weighted by molar-refractivity contribution is -0.122. The van der Waals surface area contributed by atoms with Gasteiger partial charge in [-0.1, -0.05) is 12.1 Å². The molecule has 0 saturated carbocycles. The van der Waals surface area contributed by atoms with Gasteiger partial charge in [-0.15, -0.1) is 0 Å². The Morgan fingerprint density at radius 2 is 1.80 bits per heavy atom. The van der Waals surface area contributed by atoms with Gasteiger partial charge in [0.05, 0.1) is 18.4 Å². The number of hydrogen-bond acceptors (Lipinski definition) is 5. The number of carbonyl (C=O) groups excluding carboxylic acids is 3. The summed E-state index contributed by atoms with van der Waals surface area (Å²) in [5.41, 5.74) is 1.62. The maximum Gasteiger partial charge on any atom is 0.257 e. The van der Waals surface area contributed by atoms with Crippen molar-refractivity contribution in [3.8, 4) is 5.75 Å². The normalized spacial score (nSPS) is 22.2. The van der Waals surface area contributed by atoms with E-state index in [1.165, 1.54) is 0 Å². The van der Waals surface area contributed by atoms with E-state index < -0.39 is 5.66 Å². The molecule has 8 nitrogen and oxygen atoms in total. The third-order valence-electron chi connectivity index (χ3n) is 7.61. The summed E-state index contributed by atoms with van der Waals surface area (Å²) >= 11 is 0. The highest BCUT2D eigenvalue weighted by Crippen LogP contribution is 2.44. The number of rotatable bonds is 6. The van der Waals surface area contributed by atoms with Gasteiger partial charge in [0, 0.05) is 44.2 Å². The van der Waals surface area contributed by atoms with Crippen molar-refractivity contribution in [2.75, 3.05) is 36.5 Å². The summed E-state index contributed by atoms with van der Waals surface area (Å²) in [4.78, 5) is 44.6. The van der Waals surface area contributed by atoms with Gasteiger partial charge in [0.15, 0.2) is 0 Å². The molecule has 2 fully saturated rings. The average molecular weight is 477 g/mol. The van der Waals surface area contributed by atoms with Crippen LogP contribution in [0.5, 0.6) is 5.75 Å². The van der Waals surface area contributed by atoms with Gasteiger partial charge in [-0.05, 0) is 62.6 Å². The first-order valence-electron chi connectivity index (χ1n) is 12.3. The number of carbonyl (C=O) groups is 3. The number of nitrogens with one attached hydrogen (secondary N) is 1. The van der Waals surface area contributed by atoms with E-state index in [0.717, 1.165) is 37.4 Å². The van der Waals surface area contributed by atoms with Crippen LogP contribution in [-0.2, 0) is 9.59 Å². The molecule has 0 spiro atoms. The fourth-order valence-corrected chi connectivity index (χ4v) is 5.63. The van der Waals surface area contributed by atoms with Gasteiger partial charge >= 0.3 is 0 Å². The quantitative estimate of drug-likeness (QED) is 0.693. The van der Waals surface area contributed by atoms with Crippen LogP contribution in [0, 0.1) is 0 Å². The molecule has 184 valence electrons. The molecule has 3 amide bonds. The Kier molecular flexibility index (Phi) is 6.13. The maximum absolute atomic E-state index is 13.3. The number of nitrogens with zero attached hydrogens (tertiary/aromatic N) is 3. The van der Waals surface area contributed by atoms with Crippen molar-refractivity contribution < 1.29 is 19.1 Å². The Morgan fingerprint density at radius 3 is 2.51 bits per heavy atom. The number of methoxy groups -OCH3 is 1. The van der Waals surface area contributed by atoms with Crippen LogP contribution in [0.15, 0.2) is 48.5 Å². The van der Waals surface area contributed by atoms with Crippen LogP contribution in [0.3, 0.4) is 0 Å². The van der Waals surface area contributed by atoms with Crippen LogP contribution in [-0.4, -0.2) is 61.1 Å². The summed E-state index contributed by atoms with van der Waals surface area (Å²) in [6.45, 7) is 3.95. The second kappa shape index (κ2) is 9.24. The van der Waals surface area contributed by atoms with E-state index in [9.17, 15) is 14.4 Å². The molecule has 2 aromatic carbocycles. The predicted molar refractivity (Wildman–Crippen MR) is 134 cm³/mol. The van der Waals surface area contributed by atoms with Gasteiger partial charge < -0.3 is 19.9 Å². The zero-order valence-electron chi connectivity index (χ0n) is 20.3. The molecule has 0 radical (unpaired) electrons. The highest BCUT2D eigenvalue weighted by molar-refractivity contribution is 6.10. The van der Waals surface area contributed by atoms with Gasteiger partial charge in [-0.2, -0.15) is 0 Å². The second-order valence-electron chi connectivity index (χ2n) is 9.70. The molecule has 1 atom stereocenters. The van der Waals surface area contributed by atoms with E-state index in [2.05, 4.69) is 22.3 Å². The third kappa shape index (κ3) is 4.22. The zero-order valence-corrected chi connectivity index (χ0v) is 20.3. The first-order chi connectivity index (χ1) is 16.9. The van der Waals surface area contributed by atoms with Crippen LogP contribution in [0.4, 0.5) is 11.4 Å². The number of para-hydroxylation sites is 1. The minimum absolute atomic E-state index is 0.0190. The van der Waals surface area contributed by atoms with Crippen molar-refractivity contribution in [1.29, 1.82) is 0 Å². The van der Waals surface area contributed by atoms with Gasteiger partial charge in [-0.25, -0.2) is 0 Å². The smallest absolute Gasteiger partial charge is 0.257 e. The van der Waals surface area contributed by atoms with E-state index in [0.29, 0.717) is 24.1 Å². The molecule has 3 aliphatic rings. The fourth-order valence-electron chi connectivity index (χ4n) is 5.63. The van der Waals surface area contributed by atoms with Crippen molar-refractivity contribution in [2.45, 2.75) is 50.7 Å². The summed E-state index contributed by atoms with van der Waals surface area (Å²) in [5, 5.41) is 3.16. The molecule has 2 saturated heterocycles. The van der Waals surface area contributed by atoms with Crippen molar-refractivity contribution in [3.63, 3.8) is 0 Å². The van der Waals surface area contributed by atoms with Gasteiger partial charge in [0.2, 0.25) is 11.8 Å². The molecule has 3 heterocycles. The predicted octanol–water partition coefficient (Wildman–Crippen LogP) is 3.17. The Morgan fingerprint density at radius 1 is 1.09 bits per heavy atom. The number of piperidine rings is 1. The number of ether oxygens (including phenoxy) is 1. The van der Waals surface area contributed by atoms with Crippen LogP contribution in [0.25, 0.3) is 0 Å². The minimum Gasteiger partial charge on any atom is -0.497 e. The second-order valence-corrected chi connectivity index (χ2v) is 9.70. The highest BCUT2D eigenvalue weighted by atomic mass is 16.5. The van der Waals surface area contributed by atoms with E-state index >= 15 is 0 Å². The van der Waals surface area contributed by atoms with Gasteiger partial charge in [0.1, 0.15) is 11.4 Å². The molecular formula is C27H32N4O4. The monoisotopic (exact) mass is 476 g/mol. The first-order valence-corrected chi connectivity index (χ1v) is 12.3. The maximum atomic E-state index is 13.3. The molecule has 3 aliphatic heterocycles. The van der Waals surface area contributed by atoms with E-state index in [-0.39, 0.29) is 36.7 Å². The first kappa shape index (κ1) is 23.2. The minimum atomic E-state index is -0.730. The molecule has 5 rings (SSSR count). The summed E-state index contributed by atoms with van der Waals surface area (Å²) in [5.74, 6) is 0.685. The Hall–Kier alpha value is -3.55. The molecule has 8 heteroatoms. The molecule has 35 heavy (non-hydrogen) atoms. The van der Waals surface area contributed by atoms with Crippen molar-refractivity contribution >= 4 is 29.1 Å². The van der Waals surface area contributed by atoms with E-state index in [1.54, 1.807) is 23.0 Å². The molecule has 2 aromatic rings. The lowest BCUT2D eigenvalue weighted by Gasteiger charge is -2.48. The molecule has 0 bridgehead atoms. The van der Waals surface area contributed by atoms with E-state index in [4.69, 9.17) is 4.74 Å². The largest absolute Gasteiger partial charge is 0.497 e. The topological polar surface area (TPSA) is 82.2 Å². The SMILES string of the molecule is COc1ccc(N2CCC(NC(=O)CCN3C(=O)c4ccccc4N4C(=O)CCC34C)CC2)cc1. The van der Waals surface area contributed by atoms with Crippen molar-refractivity contribution in [1.82, 2.24) is 10.2 Å². The zero-order chi connectivity index (χ0) is 24.6. The average Bonchev–Trinajstić information content (AvgIpc) is 3.19. The standard InChI is InChI=1S/C27H32N4O4/c1-27-15-11-25(33)31(27)23-6-4-3-5-22(23)26(34)30(27)18-14-24(32)28-19-12-16-29(17-13-19)20-7-9-21(35-2)10-8-20/h3-10,19H,11-18H2,1-2H3,(H,28,32). The number of fused-ring (bicyclic) bond motifs is 3. The third-order valence-corrected chi connectivity index (χ3v) is 7.61. The van der Waals surface area contributed by atoms with Crippen LogP contribution >= 0.6 is 0 Å². The Bertz CT molecular complexity index is 1130. The van der Waals surface area contributed by atoms with Gasteiger partial charge in [-0.3, -0.25) is 19.3 Å². The van der Waals surface area contributed by atoms with Gasteiger partial charge in [0.25, 0.3) is 5.91 Å². The fraction of sp³-hybridized carbons (Fsp3) is 0.444. The number of amides is 3. The molecule has 1 unspecified atom stereocenters. The van der Waals surface area contributed by atoms with Crippen molar-refractivity contribution in [3.05, 3.63) is 54.1 Å². The van der Waals surface area contributed by atoms with Crippen LogP contribution in [0.1, 0.15) is 49.4 Å². The summed E-state index contributed by atoms with van der Waals surface area (Å²) in [6, 6.07) is 15.4. The van der Waals surface area contributed by atoms with Crippen LogP contribution < -0.4 is 19.9 Å². The summed E-state index contributed by atoms with van der Waals surface area (Å²) < 4.78 is 5.23. The Labute approximate surface area is 205 Å². The number of hydrogen-bond donors (Lipinski definition) is 1. The Balaban J connectivity index is 1.18. The lowest BCUT2D eigenvalue weighted by Crippen LogP contribution is -2.62. The molecule has 0 aromatic heterocycles. The van der Waals surface area contributed by atoms with Crippen molar-refractivity contribution in [2.24, 2.45) is 0 Å². The van der Waals surface area contributed by atoms with E-state index in [1.807, 2.05) is 37.3 Å². The summed E-state index contributed by atoms with van der Waals surface area (Å²) in [6.07, 6.45) is 2.91. The molecule has 1 N–H and O–H groups in total.